The molecule has 0 saturated heterocycles. The fourth-order valence-corrected chi connectivity index (χ4v) is 2.65. The van der Waals surface area contributed by atoms with Crippen LogP contribution in [0.2, 0.25) is 0 Å². The lowest BCUT2D eigenvalue weighted by atomic mass is 9.84. The van der Waals surface area contributed by atoms with E-state index in [-0.39, 0.29) is 0 Å². The van der Waals surface area contributed by atoms with Gasteiger partial charge in [0, 0.05) is 0 Å². The molecule has 0 aromatic carbocycles. The Morgan fingerprint density at radius 3 is 3.06 bits per heavy atom. The summed E-state index contributed by atoms with van der Waals surface area (Å²) in [6, 6.07) is 3.95. The second kappa shape index (κ2) is 5.35. The minimum Gasteiger partial charge on any atom is -0.468 e. The third-order valence-corrected chi connectivity index (χ3v) is 3.20. The Balaban J connectivity index is 1.73. The summed E-state index contributed by atoms with van der Waals surface area (Å²) in [5.74, 6) is 2.55. The molecule has 0 fully saturated rings. The van der Waals surface area contributed by atoms with Crippen LogP contribution in [0.5, 0.6) is 0 Å². The fourth-order valence-electron chi connectivity index (χ4n) is 2.65. The van der Waals surface area contributed by atoms with E-state index in [1.54, 1.807) is 11.8 Å². The minimum absolute atomic E-state index is 0.740. The van der Waals surface area contributed by atoms with Crippen molar-refractivity contribution in [2.75, 3.05) is 6.54 Å². The Morgan fingerprint density at radius 1 is 1.50 bits per heavy atom. The standard InChI is InChI=1S/C14H21NO/c1-11-6-12(2)8-13(7-11)9-15-10-14-4-3-5-16-14/h3-6,11,13,15H,7-10H2,1-2H3. The molecule has 1 aromatic heterocycles. The predicted octanol–water partition coefficient (Wildman–Crippen LogP) is 3.36. The van der Waals surface area contributed by atoms with Crippen LogP contribution >= 0.6 is 0 Å². The smallest absolute Gasteiger partial charge is 0.117 e. The summed E-state index contributed by atoms with van der Waals surface area (Å²) in [7, 11) is 0. The molecule has 88 valence electrons. The zero-order valence-corrected chi connectivity index (χ0v) is 10.2. The summed E-state index contributed by atoms with van der Waals surface area (Å²) in [5, 5.41) is 3.48. The first-order chi connectivity index (χ1) is 7.74. The summed E-state index contributed by atoms with van der Waals surface area (Å²) in [5.41, 5.74) is 1.54. The number of nitrogens with one attached hydrogen (secondary N) is 1. The molecule has 1 aliphatic rings. The van der Waals surface area contributed by atoms with Crippen molar-refractivity contribution >= 4 is 0 Å². The number of hydrogen-bond donors (Lipinski definition) is 1. The average Bonchev–Trinajstić information content (AvgIpc) is 2.69. The maximum atomic E-state index is 5.29. The lowest BCUT2D eigenvalue weighted by Crippen LogP contribution is -2.25. The van der Waals surface area contributed by atoms with Gasteiger partial charge in [-0.05, 0) is 50.3 Å². The number of hydrogen-bond acceptors (Lipinski definition) is 2. The fraction of sp³-hybridized carbons (Fsp3) is 0.571. The number of allylic oxidation sites excluding steroid dienone is 2. The van der Waals surface area contributed by atoms with Crippen molar-refractivity contribution in [1.82, 2.24) is 5.32 Å². The van der Waals surface area contributed by atoms with Crippen LogP contribution in [0.1, 0.15) is 32.4 Å². The highest BCUT2D eigenvalue weighted by Gasteiger charge is 2.17. The quantitative estimate of drug-likeness (QED) is 0.785. The van der Waals surface area contributed by atoms with Crippen LogP contribution in [0.4, 0.5) is 0 Å². The lowest BCUT2D eigenvalue weighted by Gasteiger charge is -2.25. The van der Waals surface area contributed by atoms with Crippen molar-refractivity contribution < 1.29 is 4.42 Å². The molecule has 0 spiro atoms. The second-order valence-corrected chi connectivity index (χ2v) is 5.01. The molecule has 1 heterocycles. The van der Waals surface area contributed by atoms with Gasteiger partial charge < -0.3 is 9.73 Å². The van der Waals surface area contributed by atoms with Gasteiger partial charge in [0.1, 0.15) is 5.76 Å². The molecule has 1 aromatic rings. The Hall–Kier alpha value is -1.02. The van der Waals surface area contributed by atoms with Crippen molar-refractivity contribution in [1.29, 1.82) is 0 Å². The summed E-state index contributed by atoms with van der Waals surface area (Å²) < 4.78 is 5.29. The van der Waals surface area contributed by atoms with Gasteiger partial charge in [-0.1, -0.05) is 18.6 Å². The molecule has 16 heavy (non-hydrogen) atoms. The third-order valence-electron chi connectivity index (χ3n) is 3.20. The van der Waals surface area contributed by atoms with E-state index < -0.39 is 0 Å². The maximum absolute atomic E-state index is 5.29. The number of furan rings is 1. The Bertz CT molecular complexity index is 340. The molecular weight excluding hydrogens is 198 g/mol. The minimum atomic E-state index is 0.740. The molecular formula is C14H21NO. The van der Waals surface area contributed by atoms with E-state index in [4.69, 9.17) is 4.42 Å². The molecule has 0 radical (unpaired) electrons. The van der Waals surface area contributed by atoms with Gasteiger partial charge >= 0.3 is 0 Å². The van der Waals surface area contributed by atoms with Gasteiger partial charge in [-0.2, -0.15) is 0 Å². The van der Waals surface area contributed by atoms with Gasteiger partial charge in [0.15, 0.2) is 0 Å². The largest absolute Gasteiger partial charge is 0.468 e. The highest BCUT2D eigenvalue weighted by Crippen LogP contribution is 2.27. The van der Waals surface area contributed by atoms with Gasteiger partial charge in [-0.15, -0.1) is 0 Å². The van der Waals surface area contributed by atoms with Crippen molar-refractivity contribution in [3.05, 3.63) is 35.8 Å². The van der Waals surface area contributed by atoms with Crippen LogP contribution in [0.15, 0.2) is 34.5 Å². The normalized spacial score (nSPS) is 25.5. The summed E-state index contributed by atoms with van der Waals surface area (Å²) in [6.45, 7) is 6.49. The van der Waals surface area contributed by atoms with E-state index in [0.717, 1.165) is 30.7 Å². The Morgan fingerprint density at radius 2 is 2.38 bits per heavy atom. The van der Waals surface area contributed by atoms with E-state index >= 15 is 0 Å². The molecule has 2 rings (SSSR count). The van der Waals surface area contributed by atoms with E-state index in [0.29, 0.717) is 0 Å². The molecule has 2 atom stereocenters. The molecule has 0 saturated carbocycles. The summed E-state index contributed by atoms with van der Waals surface area (Å²) >= 11 is 0. The highest BCUT2D eigenvalue weighted by molar-refractivity contribution is 5.06. The maximum Gasteiger partial charge on any atom is 0.117 e. The highest BCUT2D eigenvalue weighted by atomic mass is 16.3. The SMILES string of the molecule is CC1=CC(C)CC(CNCc2ccco2)C1. The first kappa shape index (κ1) is 11.5. The molecule has 2 unspecified atom stereocenters. The van der Waals surface area contributed by atoms with E-state index in [1.165, 1.54) is 12.8 Å². The van der Waals surface area contributed by atoms with Crippen molar-refractivity contribution in [2.24, 2.45) is 11.8 Å². The van der Waals surface area contributed by atoms with E-state index in [9.17, 15) is 0 Å². The lowest BCUT2D eigenvalue weighted by molar-refractivity contribution is 0.372. The monoisotopic (exact) mass is 219 g/mol. The zero-order chi connectivity index (χ0) is 11.4. The van der Waals surface area contributed by atoms with Gasteiger partial charge in [0.25, 0.3) is 0 Å². The number of rotatable bonds is 4. The molecule has 2 heteroatoms. The first-order valence-corrected chi connectivity index (χ1v) is 6.14. The molecule has 0 aliphatic heterocycles. The Kier molecular flexibility index (Phi) is 3.83. The average molecular weight is 219 g/mol. The first-order valence-electron chi connectivity index (χ1n) is 6.14. The Labute approximate surface area is 97.7 Å². The third kappa shape index (κ3) is 3.24. The molecule has 1 N–H and O–H groups in total. The van der Waals surface area contributed by atoms with Gasteiger partial charge in [0.05, 0.1) is 12.8 Å². The molecule has 0 amide bonds. The van der Waals surface area contributed by atoms with Gasteiger partial charge in [-0.25, -0.2) is 0 Å². The second-order valence-electron chi connectivity index (χ2n) is 5.01. The van der Waals surface area contributed by atoms with Crippen LogP contribution in [-0.4, -0.2) is 6.54 Å². The van der Waals surface area contributed by atoms with Crippen molar-refractivity contribution in [3.63, 3.8) is 0 Å². The summed E-state index contributed by atoms with van der Waals surface area (Å²) in [6.07, 6.45) is 6.69. The molecule has 2 nitrogen and oxygen atoms in total. The molecule has 1 aliphatic carbocycles. The summed E-state index contributed by atoms with van der Waals surface area (Å²) in [4.78, 5) is 0. The van der Waals surface area contributed by atoms with Crippen molar-refractivity contribution in [2.45, 2.75) is 33.2 Å². The molecule has 0 bridgehead atoms. The van der Waals surface area contributed by atoms with E-state index in [1.807, 2.05) is 12.1 Å². The van der Waals surface area contributed by atoms with E-state index in [2.05, 4.69) is 25.2 Å². The van der Waals surface area contributed by atoms with Gasteiger partial charge in [-0.3, -0.25) is 0 Å². The van der Waals surface area contributed by atoms with Crippen LogP contribution in [-0.2, 0) is 6.54 Å². The zero-order valence-electron chi connectivity index (χ0n) is 10.2. The van der Waals surface area contributed by atoms with Crippen LogP contribution in [0, 0.1) is 11.8 Å². The predicted molar refractivity (Wildman–Crippen MR) is 66.1 cm³/mol. The van der Waals surface area contributed by atoms with Crippen LogP contribution < -0.4 is 5.32 Å². The van der Waals surface area contributed by atoms with Crippen LogP contribution in [0.25, 0.3) is 0 Å². The van der Waals surface area contributed by atoms with Crippen molar-refractivity contribution in [3.8, 4) is 0 Å². The van der Waals surface area contributed by atoms with Gasteiger partial charge in [0.2, 0.25) is 0 Å². The topological polar surface area (TPSA) is 25.2 Å². The van der Waals surface area contributed by atoms with Crippen LogP contribution in [0.3, 0.4) is 0 Å².